The molecule has 2 amide bonds. The number of amides is 2. The lowest BCUT2D eigenvalue weighted by molar-refractivity contribution is -0.0471. The molecule has 0 aliphatic carbocycles. The highest BCUT2D eigenvalue weighted by Crippen LogP contribution is 2.50. The Kier molecular flexibility index (Phi) is 4.68. The first-order valence-corrected chi connectivity index (χ1v) is 8.49. The molecular weight excluding hydrogens is 316 g/mol. The second kappa shape index (κ2) is 6.76. The quantitative estimate of drug-likeness (QED) is 0.833. The summed E-state index contributed by atoms with van der Waals surface area (Å²) in [6, 6.07) is 12.9. The maximum absolute atomic E-state index is 12.3. The van der Waals surface area contributed by atoms with Crippen LogP contribution in [0.1, 0.15) is 38.0 Å². The summed E-state index contributed by atoms with van der Waals surface area (Å²) in [4.78, 5) is 12.3. The number of carbonyl (C=O) groups is 1. The molecule has 1 aliphatic rings. The standard InChI is InChI=1S/C20H24N2O3/c1-5-24-18-16-13(2)11-12-15(17(16)25-20(18,3)4)22-19(23)21-14-9-7-6-8-10-14/h6-12,18H,5H2,1-4H3,(H2,21,22,23). The van der Waals surface area contributed by atoms with Crippen LogP contribution in [0.4, 0.5) is 16.2 Å². The summed E-state index contributed by atoms with van der Waals surface area (Å²) in [7, 11) is 0. The molecular formula is C20H24N2O3. The van der Waals surface area contributed by atoms with Gasteiger partial charge in [-0.2, -0.15) is 0 Å². The average Bonchev–Trinajstić information content (AvgIpc) is 2.84. The summed E-state index contributed by atoms with van der Waals surface area (Å²) in [5.41, 5.74) is 2.98. The van der Waals surface area contributed by atoms with Gasteiger partial charge in [0.05, 0.1) is 5.69 Å². The molecule has 1 aliphatic heterocycles. The van der Waals surface area contributed by atoms with Gasteiger partial charge in [0.25, 0.3) is 0 Å². The van der Waals surface area contributed by atoms with E-state index >= 15 is 0 Å². The molecule has 0 fully saturated rings. The predicted octanol–water partition coefficient (Wildman–Crippen LogP) is 4.89. The zero-order valence-corrected chi connectivity index (χ0v) is 15.1. The first kappa shape index (κ1) is 17.3. The minimum absolute atomic E-state index is 0.161. The van der Waals surface area contributed by atoms with Gasteiger partial charge in [-0.05, 0) is 51.5 Å². The SMILES string of the molecule is CCOC1c2c(C)ccc(NC(=O)Nc3ccccc3)c2OC1(C)C. The number of para-hydroxylation sites is 1. The van der Waals surface area contributed by atoms with Crippen molar-refractivity contribution in [2.24, 2.45) is 0 Å². The van der Waals surface area contributed by atoms with Crippen LogP contribution in [0.15, 0.2) is 42.5 Å². The second-order valence-electron chi connectivity index (χ2n) is 6.66. The number of urea groups is 1. The summed E-state index contributed by atoms with van der Waals surface area (Å²) in [5.74, 6) is 0.687. The van der Waals surface area contributed by atoms with Gasteiger partial charge in [-0.25, -0.2) is 4.79 Å². The molecule has 25 heavy (non-hydrogen) atoms. The maximum atomic E-state index is 12.3. The van der Waals surface area contributed by atoms with E-state index < -0.39 is 5.60 Å². The molecule has 2 aromatic carbocycles. The molecule has 0 saturated heterocycles. The van der Waals surface area contributed by atoms with Crippen LogP contribution in [0, 0.1) is 6.92 Å². The summed E-state index contributed by atoms with van der Waals surface area (Å²) in [6.07, 6.45) is -0.161. The van der Waals surface area contributed by atoms with Crippen molar-refractivity contribution < 1.29 is 14.3 Å². The van der Waals surface area contributed by atoms with Gasteiger partial charge in [0.1, 0.15) is 17.5 Å². The Labute approximate surface area is 148 Å². The van der Waals surface area contributed by atoms with E-state index in [2.05, 4.69) is 10.6 Å². The number of nitrogens with one attached hydrogen (secondary N) is 2. The lowest BCUT2D eigenvalue weighted by atomic mass is 9.94. The van der Waals surface area contributed by atoms with Crippen LogP contribution in [-0.4, -0.2) is 18.2 Å². The van der Waals surface area contributed by atoms with Gasteiger partial charge in [-0.3, -0.25) is 0 Å². The highest BCUT2D eigenvalue weighted by molar-refractivity contribution is 6.01. The van der Waals surface area contributed by atoms with Crippen LogP contribution in [-0.2, 0) is 4.74 Å². The van der Waals surface area contributed by atoms with E-state index in [1.165, 1.54) is 0 Å². The average molecular weight is 340 g/mol. The third-order valence-corrected chi connectivity index (χ3v) is 4.29. The Bertz CT molecular complexity index is 772. The van der Waals surface area contributed by atoms with Crippen molar-refractivity contribution in [3.63, 3.8) is 0 Å². The van der Waals surface area contributed by atoms with E-state index in [9.17, 15) is 4.79 Å². The van der Waals surface area contributed by atoms with Gasteiger partial charge in [-0.15, -0.1) is 0 Å². The van der Waals surface area contributed by atoms with Gasteiger partial charge in [0.15, 0.2) is 0 Å². The molecule has 0 aromatic heterocycles. The number of carbonyl (C=O) groups excluding carboxylic acids is 1. The van der Waals surface area contributed by atoms with E-state index in [4.69, 9.17) is 9.47 Å². The maximum Gasteiger partial charge on any atom is 0.323 e. The third kappa shape index (κ3) is 3.46. The summed E-state index contributed by atoms with van der Waals surface area (Å²) < 4.78 is 12.1. The molecule has 0 saturated carbocycles. The molecule has 132 valence electrons. The summed E-state index contributed by atoms with van der Waals surface area (Å²) >= 11 is 0. The Balaban J connectivity index is 1.86. The lowest BCUT2D eigenvalue weighted by Gasteiger charge is -2.26. The highest BCUT2D eigenvalue weighted by Gasteiger charge is 2.44. The molecule has 0 bridgehead atoms. The van der Waals surface area contributed by atoms with Crippen LogP contribution in [0.5, 0.6) is 5.75 Å². The fourth-order valence-electron chi connectivity index (χ4n) is 3.15. The second-order valence-corrected chi connectivity index (χ2v) is 6.66. The van der Waals surface area contributed by atoms with Gasteiger partial charge in [0.2, 0.25) is 0 Å². The summed E-state index contributed by atoms with van der Waals surface area (Å²) in [6.45, 7) is 8.60. The van der Waals surface area contributed by atoms with Crippen molar-refractivity contribution in [2.45, 2.75) is 39.4 Å². The van der Waals surface area contributed by atoms with Crippen LogP contribution in [0.2, 0.25) is 0 Å². The van der Waals surface area contributed by atoms with E-state index in [0.717, 1.165) is 16.8 Å². The number of fused-ring (bicyclic) bond motifs is 1. The molecule has 2 aromatic rings. The van der Waals surface area contributed by atoms with Crippen LogP contribution in [0.3, 0.4) is 0 Å². The zero-order chi connectivity index (χ0) is 18.0. The molecule has 5 heteroatoms. The van der Waals surface area contributed by atoms with Crippen molar-refractivity contribution in [1.82, 2.24) is 0 Å². The fraction of sp³-hybridized carbons (Fsp3) is 0.350. The molecule has 3 rings (SSSR count). The molecule has 1 unspecified atom stereocenters. The number of ether oxygens (including phenoxy) is 2. The third-order valence-electron chi connectivity index (χ3n) is 4.29. The van der Waals surface area contributed by atoms with E-state index in [-0.39, 0.29) is 12.1 Å². The van der Waals surface area contributed by atoms with E-state index in [0.29, 0.717) is 18.0 Å². The normalized spacial score (nSPS) is 17.5. The molecule has 0 spiro atoms. The number of hydrogen-bond acceptors (Lipinski definition) is 3. The Morgan fingerprint density at radius 3 is 2.56 bits per heavy atom. The molecule has 2 N–H and O–H groups in total. The number of aryl methyl sites for hydroxylation is 1. The monoisotopic (exact) mass is 340 g/mol. The largest absolute Gasteiger partial charge is 0.482 e. The van der Waals surface area contributed by atoms with Crippen molar-refractivity contribution in [1.29, 1.82) is 0 Å². The van der Waals surface area contributed by atoms with E-state index in [1.54, 1.807) is 0 Å². The topological polar surface area (TPSA) is 59.6 Å². The van der Waals surface area contributed by atoms with Crippen molar-refractivity contribution >= 4 is 17.4 Å². The first-order chi connectivity index (χ1) is 11.9. The first-order valence-electron chi connectivity index (χ1n) is 8.49. The van der Waals surface area contributed by atoms with Crippen molar-refractivity contribution in [3.05, 3.63) is 53.6 Å². The smallest absolute Gasteiger partial charge is 0.323 e. The Morgan fingerprint density at radius 2 is 1.88 bits per heavy atom. The van der Waals surface area contributed by atoms with Crippen molar-refractivity contribution in [2.75, 3.05) is 17.2 Å². The van der Waals surface area contributed by atoms with Gasteiger partial charge >= 0.3 is 6.03 Å². The minimum Gasteiger partial charge on any atom is -0.482 e. The summed E-state index contributed by atoms with van der Waals surface area (Å²) in [5, 5.41) is 5.70. The molecule has 5 nitrogen and oxygen atoms in total. The zero-order valence-electron chi connectivity index (χ0n) is 15.1. The number of benzene rings is 2. The van der Waals surface area contributed by atoms with Crippen LogP contribution in [0.25, 0.3) is 0 Å². The van der Waals surface area contributed by atoms with Crippen LogP contribution >= 0.6 is 0 Å². The number of rotatable bonds is 4. The minimum atomic E-state index is -0.489. The van der Waals surface area contributed by atoms with Crippen molar-refractivity contribution in [3.8, 4) is 5.75 Å². The van der Waals surface area contributed by atoms with Gasteiger partial charge < -0.3 is 20.1 Å². The van der Waals surface area contributed by atoms with Gasteiger partial charge in [0, 0.05) is 17.9 Å². The highest BCUT2D eigenvalue weighted by atomic mass is 16.6. The molecule has 1 heterocycles. The number of hydrogen-bond donors (Lipinski definition) is 2. The fourth-order valence-corrected chi connectivity index (χ4v) is 3.15. The van der Waals surface area contributed by atoms with Crippen LogP contribution < -0.4 is 15.4 Å². The lowest BCUT2D eigenvalue weighted by Crippen LogP contribution is -2.32. The predicted molar refractivity (Wildman–Crippen MR) is 99.3 cm³/mol. The Morgan fingerprint density at radius 1 is 1.16 bits per heavy atom. The number of anilines is 2. The Hall–Kier alpha value is -2.53. The van der Waals surface area contributed by atoms with E-state index in [1.807, 2.05) is 70.2 Å². The molecule has 0 radical (unpaired) electrons. The van der Waals surface area contributed by atoms with Gasteiger partial charge in [-0.1, -0.05) is 24.3 Å². The molecule has 1 atom stereocenters.